The highest BCUT2D eigenvalue weighted by Crippen LogP contribution is 2.25. The molecule has 0 aliphatic carbocycles. The van der Waals surface area contributed by atoms with Gasteiger partial charge >= 0.3 is 0 Å². The summed E-state index contributed by atoms with van der Waals surface area (Å²) in [6.07, 6.45) is 7.14. The molecule has 2 N–H and O–H groups in total. The summed E-state index contributed by atoms with van der Waals surface area (Å²) in [4.78, 5) is 29.8. The van der Waals surface area contributed by atoms with Crippen LogP contribution in [0, 0.1) is 6.92 Å². The second-order valence-corrected chi connectivity index (χ2v) is 9.69. The Morgan fingerprint density at radius 3 is 2.58 bits per heavy atom. The molecular formula is C28H32ClN5O2. The summed E-state index contributed by atoms with van der Waals surface area (Å²) in [6, 6.07) is 13.1. The number of carbonyl (C=O) groups excluding carboxylic acids is 1. The molecule has 36 heavy (non-hydrogen) atoms. The molecule has 3 heterocycles. The molecule has 2 aromatic heterocycles. The first-order chi connectivity index (χ1) is 17.3. The van der Waals surface area contributed by atoms with Crippen LogP contribution in [0.2, 0.25) is 0 Å². The van der Waals surface area contributed by atoms with Crippen LogP contribution in [0.5, 0.6) is 0 Å². The van der Waals surface area contributed by atoms with Crippen molar-refractivity contribution in [3.63, 3.8) is 0 Å². The molecule has 1 unspecified atom stereocenters. The Bertz CT molecular complexity index is 1230. The van der Waals surface area contributed by atoms with Gasteiger partial charge in [-0.2, -0.15) is 0 Å². The fraction of sp³-hybridized carbons (Fsp3) is 0.321. The number of aliphatic hydroxyl groups is 1. The highest BCUT2D eigenvalue weighted by Gasteiger charge is 2.36. The number of aromatic nitrogens is 3. The lowest BCUT2D eigenvalue weighted by Gasteiger charge is -2.35. The number of hydrogen-bond donors (Lipinski definition) is 2. The Morgan fingerprint density at radius 1 is 1.14 bits per heavy atom. The van der Waals surface area contributed by atoms with Gasteiger partial charge in [0.05, 0.1) is 5.69 Å². The van der Waals surface area contributed by atoms with E-state index in [1.807, 2.05) is 49.5 Å². The third kappa shape index (κ3) is 5.86. The maximum absolute atomic E-state index is 13.3. The number of benzene rings is 1. The smallest absolute Gasteiger partial charge is 0.258 e. The second kappa shape index (κ2) is 11.1. The number of imidazole rings is 1. The van der Waals surface area contributed by atoms with Crippen LogP contribution >= 0.6 is 11.6 Å². The second-order valence-electron chi connectivity index (χ2n) is 9.21. The van der Waals surface area contributed by atoms with Gasteiger partial charge in [-0.15, -0.1) is 0 Å². The minimum Gasteiger partial charge on any atom is -0.376 e. The van der Waals surface area contributed by atoms with E-state index in [0.29, 0.717) is 30.2 Å². The lowest BCUT2D eigenvalue weighted by atomic mass is 9.94. The maximum atomic E-state index is 13.3. The molecule has 1 saturated heterocycles. The van der Waals surface area contributed by atoms with Gasteiger partial charge in [-0.1, -0.05) is 48.5 Å². The number of nitrogens with zero attached hydrogens (tertiary/aromatic N) is 4. The normalized spacial score (nSPS) is 16.4. The number of carbonyl (C=O) groups is 1. The minimum absolute atomic E-state index is 0.269. The van der Waals surface area contributed by atoms with Crippen molar-refractivity contribution in [2.24, 2.45) is 0 Å². The molecule has 4 rings (SSSR count). The van der Waals surface area contributed by atoms with Gasteiger partial charge in [-0.05, 0) is 56.5 Å². The van der Waals surface area contributed by atoms with E-state index in [4.69, 9.17) is 16.6 Å². The number of rotatable bonds is 6. The number of halogens is 1. The van der Waals surface area contributed by atoms with E-state index < -0.39 is 5.60 Å². The van der Waals surface area contributed by atoms with Gasteiger partial charge in [-0.25, -0.2) is 9.97 Å². The Morgan fingerprint density at radius 2 is 1.89 bits per heavy atom. The van der Waals surface area contributed by atoms with Crippen molar-refractivity contribution >= 4 is 29.4 Å². The van der Waals surface area contributed by atoms with E-state index >= 15 is 0 Å². The number of amides is 1. The summed E-state index contributed by atoms with van der Waals surface area (Å²) in [5.74, 6) is 1.32. The summed E-state index contributed by atoms with van der Waals surface area (Å²) in [6.45, 7) is 9.84. The zero-order valence-corrected chi connectivity index (χ0v) is 21.5. The molecule has 8 heteroatoms. The van der Waals surface area contributed by atoms with Crippen LogP contribution in [0.25, 0.3) is 17.5 Å². The van der Waals surface area contributed by atoms with E-state index in [2.05, 4.69) is 21.4 Å². The zero-order chi connectivity index (χ0) is 25.7. The SMILES string of the molecule is C=C(Cl)/C=C\c1nc(-c2ccc(N3CCCCN(C(=O)C(C)(O)c4ccccc4)CC3)nc2)[nH]c1C. The van der Waals surface area contributed by atoms with E-state index in [0.717, 1.165) is 48.0 Å². The van der Waals surface area contributed by atoms with Crippen molar-refractivity contribution < 1.29 is 9.90 Å². The predicted octanol–water partition coefficient (Wildman–Crippen LogP) is 4.88. The molecule has 0 saturated carbocycles. The number of allylic oxidation sites excluding steroid dienone is 2. The highest BCUT2D eigenvalue weighted by molar-refractivity contribution is 6.31. The Hall–Kier alpha value is -3.42. The topological polar surface area (TPSA) is 85.3 Å². The lowest BCUT2D eigenvalue weighted by molar-refractivity contribution is -0.150. The van der Waals surface area contributed by atoms with E-state index in [-0.39, 0.29) is 5.91 Å². The van der Waals surface area contributed by atoms with Gasteiger partial charge in [0.1, 0.15) is 11.6 Å². The molecule has 1 fully saturated rings. The van der Waals surface area contributed by atoms with Gasteiger partial charge in [0.2, 0.25) is 0 Å². The average molecular weight is 506 g/mol. The fourth-order valence-electron chi connectivity index (χ4n) is 4.35. The van der Waals surface area contributed by atoms with Gasteiger partial charge in [0, 0.05) is 48.7 Å². The van der Waals surface area contributed by atoms with Gasteiger partial charge in [0.15, 0.2) is 5.60 Å². The number of anilines is 1. The Kier molecular flexibility index (Phi) is 7.91. The number of nitrogens with one attached hydrogen (secondary N) is 1. The summed E-state index contributed by atoms with van der Waals surface area (Å²) < 4.78 is 0. The summed E-state index contributed by atoms with van der Waals surface area (Å²) in [7, 11) is 0. The van der Waals surface area contributed by atoms with E-state index in [9.17, 15) is 9.90 Å². The number of aryl methyl sites for hydroxylation is 1. The maximum Gasteiger partial charge on any atom is 0.258 e. The van der Waals surface area contributed by atoms with Gasteiger partial charge in [0.25, 0.3) is 5.91 Å². The van der Waals surface area contributed by atoms with Crippen LogP contribution in [0.4, 0.5) is 5.82 Å². The summed E-state index contributed by atoms with van der Waals surface area (Å²) >= 11 is 5.83. The standard InChI is InChI=1S/C28H32ClN5O2/c1-20(29)11-13-24-21(2)31-26(32-24)22-12-14-25(30-19-22)33-15-7-8-16-34(18-17-33)27(35)28(3,36)23-9-5-4-6-10-23/h4-6,9-14,19,36H,1,7-8,15-18H2,2-3H3,(H,31,32)/b13-11-. The third-order valence-electron chi connectivity index (χ3n) is 6.48. The first-order valence-corrected chi connectivity index (χ1v) is 12.5. The predicted molar refractivity (Wildman–Crippen MR) is 145 cm³/mol. The van der Waals surface area contributed by atoms with Gasteiger partial charge in [-0.3, -0.25) is 4.79 Å². The number of pyridine rings is 1. The Balaban J connectivity index is 1.45. The van der Waals surface area contributed by atoms with Crippen LogP contribution < -0.4 is 4.90 Å². The van der Waals surface area contributed by atoms with Crippen molar-refractivity contribution in [3.8, 4) is 11.4 Å². The molecule has 188 valence electrons. The molecule has 1 aliphatic rings. The molecule has 1 amide bonds. The van der Waals surface area contributed by atoms with Crippen LogP contribution in [-0.2, 0) is 10.4 Å². The van der Waals surface area contributed by atoms with Crippen molar-refractivity contribution in [2.45, 2.75) is 32.3 Å². The van der Waals surface area contributed by atoms with Crippen LogP contribution in [-0.4, -0.2) is 57.0 Å². The molecule has 7 nitrogen and oxygen atoms in total. The molecule has 3 aromatic rings. The molecule has 1 aromatic carbocycles. The van der Waals surface area contributed by atoms with Crippen LogP contribution in [0.15, 0.2) is 66.3 Å². The molecule has 0 radical (unpaired) electrons. The molecule has 1 aliphatic heterocycles. The van der Waals surface area contributed by atoms with Crippen molar-refractivity contribution in [1.29, 1.82) is 0 Å². The molecule has 0 bridgehead atoms. The van der Waals surface area contributed by atoms with Crippen LogP contribution in [0.1, 0.15) is 36.7 Å². The largest absolute Gasteiger partial charge is 0.376 e. The minimum atomic E-state index is -1.56. The third-order valence-corrected chi connectivity index (χ3v) is 6.60. The quantitative estimate of drug-likeness (QED) is 0.466. The van der Waals surface area contributed by atoms with Crippen molar-refractivity contribution in [1.82, 2.24) is 19.9 Å². The first kappa shape index (κ1) is 25.7. The highest BCUT2D eigenvalue weighted by atomic mass is 35.5. The number of H-pyrrole nitrogens is 1. The number of aromatic amines is 1. The lowest BCUT2D eigenvalue weighted by Crippen LogP contribution is -2.49. The van der Waals surface area contributed by atoms with Crippen molar-refractivity contribution in [2.75, 3.05) is 31.1 Å². The average Bonchev–Trinajstić information content (AvgIpc) is 3.23. The van der Waals surface area contributed by atoms with Crippen molar-refractivity contribution in [3.05, 3.63) is 83.3 Å². The summed E-state index contributed by atoms with van der Waals surface area (Å²) in [5.41, 5.74) is 1.66. The summed E-state index contributed by atoms with van der Waals surface area (Å²) in [5, 5.41) is 11.5. The number of hydrogen-bond acceptors (Lipinski definition) is 5. The molecule has 1 atom stereocenters. The van der Waals surface area contributed by atoms with E-state index in [1.165, 1.54) is 0 Å². The van der Waals surface area contributed by atoms with Gasteiger partial charge < -0.3 is 19.9 Å². The fourth-order valence-corrected chi connectivity index (χ4v) is 4.42. The van der Waals surface area contributed by atoms with E-state index in [1.54, 1.807) is 30.0 Å². The molecular weight excluding hydrogens is 474 g/mol. The van der Waals surface area contributed by atoms with Crippen LogP contribution in [0.3, 0.4) is 0 Å². The monoisotopic (exact) mass is 505 g/mol. The first-order valence-electron chi connectivity index (χ1n) is 12.1. The zero-order valence-electron chi connectivity index (χ0n) is 20.7. The Labute approximate surface area is 217 Å². The molecule has 0 spiro atoms.